The number of nitrogens with zero attached hydrogens (tertiary/aromatic N) is 3. The normalized spacial score (nSPS) is 10.6. The molecular weight excluding hydrogens is 292 g/mol. The number of carboxylic acids is 1. The minimum absolute atomic E-state index is 0.0410. The highest BCUT2D eigenvalue weighted by molar-refractivity contribution is 7.09. The Morgan fingerprint density at radius 1 is 1.43 bits per heavy atom. The lowest BCUT2D eigenvalue weighted by Gasteiger charge is -2.09. The molecule has 0 aromatic carbocycles. The number of nitrogens with one attached hydrogen (secondary N) is 1. The van der Waals surface area contributed by atoms with Crippen LogP contribution < -0.4 is 10.1 Å². The summed E-state index contributed by atoms with van der Waals surface area (Å²) in [6, 6.07) is 0. The second-order valence-electron chi connectivity index (χ2n) is 4.52. The zero-order valence-electron chi connectivity index (χ0n) is 11.7. The van der Waals surface area contributed by atoms with Gasteiger partial charge in [0.1, 0.15) is 5.82 Å². The van der Waals surface area contributed by atoms with Crippen molar-refractivity contribution < 1.29 is 14.6 Å². The van der Waals surface area contributed by atoms with Crippen LogP contribution in [0.2, 0.25) is 0 Å². The Kier molecular flexibility index (Phi) is 5.04. The molecule has 2 N–H and O–H groups in total. The lowest BCUT2D eigenvalue weighted by atomic mass is 10.4. The fourth-order valence-corrected chi connectivity index (χ4v) is 2.33. The Morgan fingerprint density at radius 3 is 2.90 bits per heavy atom. The molecule has 0 bridgehead atoms. The summed E-state index contributed by atoms with van der Waals surface area (Å²) in [6.45, 7) is 4.43. The molecule has 0 aliphatic heterocycles. The summed E-state index contributed by atoms with van der Waals surface area (Å²) >= 11 is 1.33. The summed E-state index contributed by atoms with van der Waals surface area (Å²) in [7, 11) is 0. The lowest BCUT2D eigenvalue weighted by molar-refractivity contribution is 0.0691. The van der Waals surface area contributed by atoms with Crippen LogP contribution in [0.5, 0.6) is 5.88 Å². The largest absolute Gasteiger partial charge is 0.476 e. The molecule has 0 saturated heterocycles. The van der Waals surface area contributed by atoms with Crippen LogP contribution >= 0.6 is 11.3 Å². The molecule has 8 heteroatoms. The van der Waals surface area contributed by atoms with Crippen LogP contribution in [0.4, 0.5) is 5.82 Å². The van der Waals surface area contributed by atoms with Gasteiger partial charge in [-0.1, -0.05) is 0 Å². The van der Waals surface area contributed by atoms with Gasteiger partial charge >= 0.3 is 5.97 Å². The SMILES string of the molecule is CC(C)Oc1cncc(NCCc2nc(C(=O)O)cs2)n1. The monoisotopic (exact) mass is 308 g/mol. The van der Waals surface area contributed by atoms with Crippen LogP contribution in [0.1, 0.15) is 29.3 Å². The maximum absolute atomic E-state index is 10.7. The first kappa shape index (κ1) is 15.2. The molecule has 2 aromatic rings. The van der Waals surface area contributed by atoms with E-state index in [9.17, 15) is 4.79 Å². The first-order valence-corrected chi connectivity index (χ1v) is 7.33. The van der Waals surface area contributed by atoms with Gasteiger partial charge in [0.15, 0.2) is 5.69 Å². The smallest absolute Gasteiger partial charge is 0.355 e. The predicted molar refractivity (Wildman–Crippen MR) is 79.1 cm³/mol. The Labute approximate surface area is 126 Å². The highest BCUT2D eigenvalue weighted by atomic mass is 32.1. The summed E-state index contributed by atoms with van der Waals surface area (Å²) in [4.78, 5) is 23.1. The molecule has 112 valence electrons. The second-order valence-corrected chi connectivity index (χ2v) is 5.46. The zero-order chi connectivity index (χ0) is 15.2. The molecule has 0 atom stereocenters. The van der Waals surface area contributed by atoms with Gasteiger partial charge in [0.05, 0.1) is 23.5 Å². The molecule has 0 aliphatic rings. The highest BCUT2D eigenvalue weighted by Crippen LogP contribution is 2.13. The Bertz CT molecular complexity index is 615. The Morgan fingerprint density at radius 2 is 2.24 bits per heavy atom. The number of hydrogen-bond donors (Lipinski definition) is 2. The van der Waals surface area contributed by atoms with E-state index in [4.69, 9.17) is 9.84 Å². The van der Waals surface area contributed by atoms with Crippen molar-refractivity contribution in [3.63, 3.8) is 0 Å². The summed E-state index contributed by atoms with van der Waals surface area (Å²) in [5.41, 5.74) is 0.0853. The van der Waals surface area contributed by atoms with Crippen molar-refractivity contribution in [2.75, 3.05) is 11.9 Å². The first-order valence-electron chi connectivity index (χ1n) is 6.45. The van der Waals surface area contributed by atoms with Crippen molar-refractivity contribution in [3.8, 4) is 5.88 Å². The number of rotatable bonds is 7. The average Bonchev–Trinajstić information content (AvgIpc) is 2.87. The van der Waals surface area contributed by atoms with Crippen molar-refractivity contribution in [1.82, 2.24) is 15.0 Å². The molecule has 0 fully saturated rings. The van der Waals surface area contributed by atoms with Crippen molar-refractivity contribution in [2.45, 2.75) is 26.4 Å². The van der Waals surface area contributed by atoms with Crippen LogP contribution in [-0.4, -0.2) is 38.7 Å². The van der Waals surface area contributed by atoms with E-state index in [1.807, 2.05) is 13.8 Å². The van der Waals surface area contributed by atoms with Crippen molar-refractivity contribution in [2.24, 2.45) is 0 Å². The topological polar surface area (TPSA) is 97.2 Å². The summed E-state index contributed by atoms with van der Waals surface area (Å²) < 4.78 is 5.46. The third-order valence-electron chi connectivity index (χ3n) is 2.38. The number of aromatic carboxylic acids is 1. The molecule has 0 saturated carbocycles. The molecule has 0 radical (unpaired) electrons. The van der Waals surface area contributed by atoms with Crippen LogP contribution in [0, 0.1) is 0 Å². The number of hydrogen-bond acceptors (Lipinski definition) is 7. The fourth-order valence-electron chi connectivity index (χ4n) is 1.55. The molecule has 0 spiro atoms. The van der Waals surface area contributed by atoms with E-state index in [0.717, 1.165) is 5.01 Å². The van der Waals surface area contributed by atoms with Gasteiger partial charge in [-0.05, 0) is 13.8 Å². The van der Waals surface area contributed by atoms with Gasteiger partial charge < -0.3 is 15.2 Å². The maximum Gasteiger partial charge on any atom is 0.355 e. The minimum atomic E-state index is -1.00. The molecule has 21 heavy (non-hydrogen) atoms. The van der Waals surface area contributed by atoms with E-state index in [0.29, 0.717) is 24.7 Å². The Hall–Kier alpha value is -2.22. The zero-order valence-corrected chi connectivity index (χ0v) is 12.6. The molecule has 0 aliphatic carbocycles. The van der Waals surface area contributed by atoms with E-state index in [-0.39, 0.29) is 11.8 Å². The van der Waals surface area contributed by atoms with E-state index in [2.05, 4.69) is 20.3 Å². The van der Waals surface area contributed by atoms with Gasteiger partial charge in [-0.15, -0.1) is 11.3 Å². The highest BCUT2D eigenvalue weighted by Gasteiger charge is 2.08. The second kappa shape index (κ2) is 6.98. The van der Waals surface area contributed by atoms with E-state index >= 15 is 0 Å². The van der Waals surface area contributed by atoms with Crippen LogP contribution in [-0.2, 0) is 6.42 Å². The Balaban J connectivity index is 1.86. The maximum atomic E-state index is 10.7. The van der Waals surface area contributed by atoms with E-state index < -0.39 is 5.97 Å². The predicted octanol–water partition coefficient (Wildman–Crippen LogP) is 2.07. The molecule has 2 heterocycles. The van der Waals surface area contributed by atoms with Gasteiger partial charge in [0, 0.05) is 18.3 Å². The van der Waals surface area contributed by atoms with E-state index in [1.54, 1.807) is 12.4 Å². The van der Waals surface area contributed by atoms with Crippen LogP contribution in [0.3, 0.4) is 0 Å². The number of aromatic nitrogens is 3. The standard InChI is InChI=1S/C13H16N4O3S/c1-8(2)20-11-6-14-5-10(17-11)15-4-3-12-16-9(7-21-12)13(18)19/h5-8H,3-4H2,1-2H3,(H,15,17)(H,18,19). The average molecular weight is 308 g/mol. The summed E-state index contributed by atoms with van der Waals surface area (Å²) in [5, 5.41) is 14.2. The first-order chi connectivity index (χ1) is 10.0. The van der Waals surface area contributed by atoms with E-state index in [1.165, 1.54) is 16.7 Å². The van der Waals surface area contributed by atoms with Crippen LogP contribution in [0.15, 0.2) is 17.8 Å². The number of thiazole rings is 1. The molecule has 2 aromatic heterocycles. The molecule has 0 amide bonds. The summed E-state index contributed by atoms with van der Waals surface area (Å²) in [6.07, 6.45) is 3.83. The van der Waals surface area contributed by atoms with Crippen molar-refractivity contribution in [3.05, 3.63) is 28.5 Å². The molecule has 2 rings (SSSR count). The van der Waals surface area contributed by atoms with Gasteiger partial charge in [-0.2, -0.15) is 4.98 Å². The van der Waals surface area contributed by atoms with Gasteiger partial charge in [-0.3, -0.25) is 4.98 Å². The number of carboxylic acid groups (broad SMARTS) is 1. The van der Waals surface area contributed by atoms with Crippen molar-refractivity contribution in [1.29, 1.82) is 0 Å². The number of anilines is 1. The number of ether oxygens (including phenoxy) is 1. The number of carbonyl (C=O) groups is 1. The molecule has 0 unspecified atom stereocenters. The molecular formula is C13H16N4O3S. The van der Waals surface area contributed by atoms with Crippen LogP contribution in [0.25, 0.3) is 0 Å². The van der Waals surface area contributed by atoms with Gasteiger partial charge in [0.2, 0.25) is 5.88 Å². The van der Waals surface area contributed by atoms with Gasteiger partial charge in [0.25, 0.3) is 0 Å². The van der Waals surface area contributed by atoms with Crippen molar-refractivity contribution >= 4 is 23.1 Å². The molecule has 7 nitrogen and oxygen atoms in total. The lowest BCUT2D eigenvalue weighted by Crippen LogP contribution is -2.10. The summed E-state index contributed by atoms with van der Waals surface area (Å²) in [5.74, 6) is 0.0791. The quantitative estimate of drug-likeness (QED) is 0.808. The third kappa shape index (κ3) is 4.67. The minimum Gasteiger partial charge on any atom is -0.476 e. The third-order valence-corrected chi connectivity index (χ3v) is 3.29. The fraction of sp³-hybridized carbons (Fsp3) is 0.385. The van der Waals surface area contributed by atoms with Gasteiger partial charge in [-0.25, -0.2) is 9.78 Å².